The summed E-state index contributed by atoms with van der Waals surface area (Å²) < 4.78 is 20.3. The van der Waals surface area contributed by atoms with E-state index >= 15 is 0 Å². The van der Waals surface area contributed by atoms with Crippen molar-refractivity contribution in [2.45, 2.75) is 90.2 Å². The Morgan fingerprint density at radius 3 is 1.67 bits per heavy atom. The predicted molar refractivity (Wildman–Crippen MR) is 187 cm³/mol. The molecule has 232 valence electrons. The van der Waals surface area contributed by atoms with Gasteiger partial charge in [0.15, 0.2) is 8.32 Å². The molecule has 0 aliphatic heterocycles. The number of rotatable bonds is 17. The van der Waals surface area contributed by atoms with Crippen molar-refractivity contribution in [3.63, 3.8) is 0 Å². The van der Waals surface area contributed by atoms with Crippen molar-refractivity contribution in [3.8, 4) is 0 Å². The predicted octanol–water partition coefficient (Wildman–Crippen LogP) is 9.38. The van der Waals surface area contributed by atoms with Gasteiger partial charge in [-0.05, 0) is 48.1 Å². The van der Waals surface area contributed by atoms with E-state index in [-0.39, 0.29) is 11.5 Å². The van der Waals surface area contributed by atoms with E-state index in [0.717, 1.165) is 18.9 Å². The molecule has 0 saturated heterocycles. The number of hydrogen-bond donors (Lipinski definition) is 0. The summed E-state index contributed by atoms with van der Waals surface area (Å²) in [6.45, 7) is 14.6. The lowest BCUT2D eigenvalue weighted by Gasteiger charge is -2.34. The van der Waals surface area contributed by atoms with Gasteiger partial charge in [-0.2, -0.15) is 0 Å². The maximum atomic E-state index is 7.30. The van der Waals surface area contributed by atoms with E-state index in [0.29, 0.717) is 32.3 Å². The summed E-state index contributed by atoms with van der Waals surface area (Å²) in [5, 5.41) is 1.52. The summed E-state index contributed by atoms with van der Waals surface area (Å²) in [4.78, 5) is 0. The molecule has 0 N–H and O–H groups in total. The second-order valence-corrected chi connectivity index (χ2v) is 22.8. The molecule has 0 spiro atoms. The minimum absolute atomic E-state index is 0.0784. The van der Waals surface area contributed by atoms with Gasteiger partial charge in [-0.15, -0.1) is 0 Å². The Morgan fingerprint density at radius 2 is 1.19 bits per heavy atom. The van der Waals surface area contributed by atoms with Gasteiger partial charge in [-0.3, -0.25) is 0 Å². The van der Waals surface area contributed by atoms with E-state index in [1.807, 2.05) is 0 Å². The Hall–Kier alpha value is -2.29. The molecule has 2 atom stereocenters. The smallest absolute Gasteiger partial charge is 0.192 e. The highest BCUT2D eigenvalue weighted by Gasteiger charge is 2.48. The fourth-order valence-corrected chi connectivity index (χ4v) is 11.6. The van der Waals surface area contributed by atoms with Crippen molar-refractivity contribution < 1.29 is 13.9 Å². The first-order valence-electron chi connectivity index (χ1n) is 16.5. The van der Waals surface area contributed by atoms with Gasteiger partial charge in [0.2, 0.25) is 0 Å². The highest BCUT2D eigenvalue weighted by molar-refractivity contribution is 6.90. The highest BCUT2D eigenvalue weighted by atomic mass is 28.4. The topological polar surface area (TPSA) is 27.7 Å². The normalized spacial score (nSPS) is 18.8. The first kappa shape index (κ1) is 33.6. The molecular formula is C38H54O3Si2. The van der Waals surface area contributed by atoms with Crippen LogP contribution in [0.15, 0.2) is 103 Å². The summed E-state index contributed by atoms with van der Waals surface area (Å²) in [7, 11) is -3.35. The molecule has 1 fully saturated rings. The first-order chi connectivity index (χ1) is 20.8. The van der Waals surface area contributed by atoms with Crippen molar-refractivity contribution in [3.05, 3.63) is 114 Å². The van der Waals surface area contributed by atoms with Crippen LogP contribution in [-0.2, 0) is 27.1 Å². The van der Waals surface area contributed by atoms with Gasteiger partial charge in [0.05, 0.1) is 40.6 Å². The molecule has 1 aliphatic rings. The molecule has 3 nitrogen and oxygen atoms in total. The maximum absolute atomic E-state index is 7.30. The van der Waals surface area contributed by atoms with Crippen LogP contribution in [0.25, 0.3) is 0 Å². The van der Waals surface area contributed by atoms with Crippen molar-refractivity contribution in [1.29, 1.82) is 0 Å². The zero-order valence-electron chi connectivity index (χ0n) is 27.3. The van der Waals surface area contributed by atoms with Crippen LogP contribution in [-0.4, -0.2) is 35.7 Å². The van der Waals surface area contributed by atoms with Gasteiger partial charge in [-0.25, -0.2) is 0 Å². The Labute approximate surface area is 263 Å². The molecule has 0 aromatic heterocycles. The Kier molecular flexibility index (Phi) is 12.6. The van der Waals surface area contributed by atoms with E-state index in [9.17, 15) is 0 Å². The first-order valence-corrected chi connectivity index (χ1v) is 22.2. The maximum Gasteiger partial charge on any atom is 0.192 e. The largest absolute Gasteiger partial charge is 0.413 e. The molecule has 3 aromatic carbocycles. The Bertz CT molecular complexity index is 1170. The summed E-state index contributed by atoms with van der Waals surface area (Å²) in [6.07, 6.45) is 7.23. The lowest BCUT2D eigenvalue weighted by atomic mass is 9.87. The molecule has 4 rings (SSSR count). The fourth-order valence-electron chi connectivity index (χ4n) is 6.68. The van der Waals surface area contributed by atoms with E-state index < -0.39 is 16.4 Å². The molecule has 1 aliphatic carbocycles. The zero-order valence-corrected chi connectivity index (χ0v) is 29.3. The average Bonchev–Trinajstić information content (AvgIpc) is 3.37. The second kappa shape index (κ2) is 16.1. The van der Waals surface area contributed by atoms with Crippen molar-refractivity contribution in [2.75, 3.05) is 13.2 Å². The van der Waals surface area contributed by atoms with Crippen LogP contribution in [0.5, 0.6) is 0 Å². The molecule has 0 amide bonds. The zero-order chi connectivity index (χ0) is 30.6. The van der Waals surface area contributed by atoms with Gasteiger partial charge in [-0.1, -0.05) is 142 Å². The number of hydrogen-bond acceptors (Lipinski definition) is 3. The van der Waals surface area contributed by atoms with Gasteiger partial charge in [0, 0.05) is 11.3 Å². The second-order valence-electron chi connectivity index (χ2n) is 13.3. The summed E-state index contributed by atoms with van der Waals surface area (Å²) >= 11 is 0. The monoisotopic (exact) mass is 614 g/mol. The molecule has 3 aromatic rings. The van der Waals surface area contributed by atoms with Crippen LogP contribution in [0.4, 0.5) is 0 Å². The van der Waals surface area contributed by atoms with Crippen molar-refractivity contribution in [2.24, 2.45) is 11.3 Å². The third kappa shape index (κ3) is 9.60. The molecular weight excluding hydrogens is 561 g/mol. The molecule has 0 bridgehead atoms. The quantitative estimate of drug-likeness (QED) is 0.112. The van der Waals surface area contributed by atoms with Crippen LogP contribution < -0.4 is 5.19 Å². The molecule has 0 heterocycles. The van der Waals surface area contributed by atoms with Crippen LogP contribution in [0.3, 0.4) is 0 Å². The summed E-state index contributed by atoms with van der Waals surface area (Å²) in [5.41, 5.74) is 2.35. The molecule has 0 radical (unpaired) electrons. The fraction of sp³-hybridized carbons (Fsp3) is 0.474. The summed E-state index contributed by atoms with van der Waals surface area (Å²) in [6, 6.07) is 36.8. The summed E-state index contributed by atoms with van der Waals surface area (Å²) in [5.74, 6) is 0.373. The van der Waals surface area contributed by atoms with Crippen LogP contribution in [0.1, 0.15) is 44.7 Å². The minimum Gasteiger partial charge on any atom is -0.413 e. The van der Waals surface area contributed by atoms with Crippen molar-refractivity contribution >= 4 is 21.6 Å². The van der Waals surface area contributed by atoms with Gasteiger partial charge in [0.1, 0.15) is 0 Å². The number of benzene rings is 3. The third-order valence-electron chi connectivity index (χ3n) is 9.72. The SMILES string of the molecule is CC[Si](CC)(CC)O[C@H]1CC(COCc2ccccc2)(COCc2ccccc2)CC1/C=C\C[Si](C)(C)c1ccccc1. The van der Waals surface area contributed by atoms with E-state index in [2.05, 4.69) is 137 Å². The molecule has 5 heteroatoms. The van der Waals surface area contributed by atoms with Crippen LogP contribution in [0.2, 0.25) is 37.3 Å². The Balaban J connectivity index is 1.55. The lowest BCUT2D eigenvalue weighted by Crippen LogP contribution is -2.41. The minimum atomic E-state index is -1.79. The van der Waals surface area contributed by atoms with Gasteiger partial charge < -0.3 is 13.9 Å². The van der Waals surface area contributed by atoms with Crippen LogP contribution in [0, 0.1) is 11.3 Å². The average molecular weight is 615 g/mol. The van der Waals surface area contributed by atoms with E-state index in [1.54, 1.807) is 0 Å². The lowest BCUT2D eigenvalue weighted by molar-refractivity contribution is -0.0348. The number of ether oxygens (including phenoxy) is 2. The number of allylic oxidation sites excluding steroid dienone is 1. The van der Waals surface area contributed by atoms with E-state index in [4.69, 9.17) is 13.9 Å². The third-order valence-corrected chi connectivity index (χ3v) is 17.5. The molecule has 1 saturated carbocycles. The van der Waals surface area contributed by atoms with Crippen LogP contribution >= 0.6 is 0 Å². The van der Waals surface area contributed by atoms with E-state index in [1.165, 1.54) is 34.4 Å². The molecule has 43 heavy (non-hydrogen) atoms. The Morgan fingerprint density at radius 1 is 0.698 bits per heavy atom. The standard InChI is InChI=1S/C38H54O3Si2/c1-6-43(7-2,8-3)41-37-28-38(31-39-29-33-19-12-9-13-20-33,32-40-30-34-21-14-10-15-22-34)27-35(37)23-18-26-42(4,5)36-24-16-11-17-25-36/h9-25,35,37H,6-8,26-32H2,1-5H3/b23-18-/t35?,37-/m0/s1. The van der Waals surface area contributed by atoms with Gasteiger partial charge in [0.25, 0.3) is 0 Å². The van der Waals surface area contributed by atoms with Crippen molar-refractivity contribution in [1.82, 2.24) is 0 Å². The highest BCUT2D eigenvalue weighted by Crippen LogP contribution is 2.47. The van der Waals surface area contributed by atoms with Gasteiger partial charge >= 0.3 is 0 Å². The molecule has 1 unspecified atom stereocenters.